The summed E-state index contributed by atoms with van der Waals surface area (Å²) in [6.07, 6.45) is 0.145. The Labute approximate surface area is 191 Å². The first-order valence-corrected chi connectivity index (χ1v) is 11.5. The summed E-state index contributed by atoms with van der Waals surface area (Å²) in [4.78, 5) is 25.4. The summed E-state index contributed by atoms with van der Waals surface area (Å²) in [7, 11) is 0. The SMILES string of the molecule is Cc1cc(-c2sc(N3CCO[C@H](C)C3)nc2CNC(=O)c2ccc(F)cc2C)cc(C)n1. The molecule has 1 atom stereocenters. The van der Waals surface area contributed by atoms with Gasteiger partial charge in [0.15, 0.2) is 5.13 Å². The molecule has 1 N–H and O–H groups in total. The van der Waals surface area contributed by atoms with Gasteiger partial charge in [0.2, 0.25) is 0 Å². The van der Waals surface area contributed by atoms with Crippen LogP contribution in [0.15, 0.2) is 30.3 Å². The van der Waals surface area contributed by atoms with Crippen LogP contribution in [0.1, 0.15) is 39.9 Å². The van der Waals surface area contributed by atoms with Crippen LogP contribution in [-0.4, -0.2) is 41.7 Å². The molecule has 3 heterocycles. The molecule has 8 heteroatoms. The maximum atomic E-state index is 13.4. The van der Waals surface area contributed by atoms with Crippen LogP contribution in [0.25, 0.3) is 10.4 Å². The predicted molar refractivity (Wildman–Crippen MR) is 125 cm³/mol. The van der Waals surface area contributed by atoms with Crippen molar-refractivity contribution in [3.05, 3.63) is 64.4 Å². The Balaban J connectivity index is 1.63. The fourth-order valence-corrected chi connectivity index (χ4v) is 5.02. The van der Waals surface area contributed by atoms with E-state index in [9.17, 15) is 9.18 Å². The van der Waals surface area contributed by atoms with Crippen LogP contribution in [0.4, 0.5) is 9.52 Å². The van der Waals surface area contributed by atoms with Crippen LogP contribution in [0.3, 0.4) is 0 Å². The minimum absolute atomic E-state index is 0.145. The molecule has 0 unspecified atom stereocenters. The number of amides is 1. The van der Waals surface area contributed by atoms with E-state index in [2.05, 4.69) is 22.1 Å². The maximum absolute atomic E-state index is 13.4. The Morgan fingerprint density at radius 3 is 2.66 bits per heavy atom. The van der Waals surface area contributed by atoms with Crippen molar-refractivity contribution in [1.29, 1.82) is 0 Å². The van der Waals surface area contributed by atoms with Crippen LogP contribution in [0.2, 0.25) is 0 Å². The molecule has 1 fully saturated rings. The second-order valence-electron chi connectivity index (χ2n) is 8.18. The Morgan fingerprint density at radius 2 is 1.97 bits per heavy atom. The van der Waals surface area contributed by atoms with Gasteiger partial charge in [-0.3, -0.25) is 9.78 Å². The molecule has 1 aliphatic heterocycles. The molecular formula is C24H27FN4O2S. The number of benzene rings is 1. The summed E-state index contributed by atoms with van der Waals surface area (Å²) in [6.45, 7) is 10.2. The largest absolute Gasteiger partial charge is 0.375 e. The average molecular weight is 455 g/mol. The molecule has 4 rings (SSSR count). The zero-order valence-corrected chi connectivity index (χ0v) is 19.6. The number of ether oxygens (including phenoxy) is 1. The van der Waals surface area contributed by atoms with Crippen molar-refractivity contribution in [3.8, 4) is 10.4 Å². The third kappa shape index (κ3) is 4.97. The Bertz CT molecular complexity index is 1130. The van der Waals surface area contributed by atoms with Gasteiger partial charge < -0.3 is 15.0 Å². The van der Waals surface area contributed by atoms with Gasteiger partial charge in [-0.2, -0.15) is 0 Å². The van der Waals surface area contributed by atoms with Gasteiger partial charge in [0, 0.05) is 30.0 Å². The number of carbonyl (C=O) groups excluding carboxylic acids is 1. The third-order valence-corrected chi connectivity index (χ3v) is 6.60. The van der Waals surface area contributed by atoms with E-state index in [4.69, 9.17) is 9.72 Å². The van der Waals surface area contributed by atoms with Gasteiger partial charge in [-0.1, -0.05) is 11.3 Å². The van der Waals surface area contributed by atoms with Crippen LogP contribution in [0.5, 0.6) is 0 Å². The summed E-state index contributed by atoms with van der Waals surface area (Å²) in [6, 6.07) is 8.27. The molecule has 1 amide bonds. The zero-order valence-electron chi connectivity index (χ0n) is 18.7. The Morgan fingerprint density at radius 1 is 1.22 bits per heavy atom. The number of aryl methyl sites for hydroxylation is 3. The van der Waals surface area contributed by atoms with Crippen molar-refractivity contribution in [1.82, 2.24) is 15.3 Å². The summed E-state index contributed by atoms with van der Waals surface area (Å²) in [5.74, 6) is -0.598. The van der Waals surface area contributed by atoms with Crippen molar-refractivity contribution >= 4 is 22.4 Å². The van der Waals surface area contributed by atoms with Gasteiger partial charge in [-0.15, -0.1) is 0 Å². The van der Waals surface area contributed by atoms with E-state index in [1.165, 1.54) is 18.2 Å². The Kier molecular flexibility index (Phi) is 6.53. The molecule has 0 bridgehead atoms. The number of aromatic nitrogens is 2. The van der Waals surface area contributed by atoms with E-state index >= 15 is 0 Å². The van der Waals surface area contributed by atoms with E-state index in [0.29, 0.717) is 17.7 Å². The zero-order chi connectivity index (χ0) is 22.8. The first-order chi connectivity index (χ1) is 15.3. The van der Waals surface area contributed by atoms with Crippen molar-refractivity contribution in [3.63, 3.8) is 0 Å². The van der Waals surface area contributed by atoms with Crippen molar-refractivity contribution in [2.45, 2.75) is 40.3 Å². The molecule has 6 nitrogen and oxygen atoms in total. The number of thiazole rings is 1. The molecule has 2 aromatic heterocycles. The normalized spacial score (nSPS) is 16.3. The standard InChI is InChI=1S/C24H27FN4O2S/c1-14-9-19(25)5-6-20(14)23(30)26-12-21-22(18-10-15(2)27-16(3)11-18)32-24(28-21)29-7-8-31-17(4)13-29/h5-6,9-11,17H,7-8,12-13H2,1-4H3,(H,26,30)/t17-/m1/s1. The van der Waals surface area contributed by atoms with Crippen molar-refractivity contribution in [2.24, 2.45) is 0 Å². The number of carbonyl (C=O) groups is 1. The van der Waals surface area contributed by atoms with E-state index in [1.807, 2.05) is 26.0 Å². The number of nitrogens with zero attached hydrogens (tertiary/aromatic N) is 3. The number of rotatable bonds is 5. The van der Waals surface area contributed by atoms with Crippen LogP contribution in [0, 0.1) is 26.6 Å². The van der Waals surface area contributed by atoms with Gasteiger partial charge in [-0.25, -0.2) is 9.37 Å². The highest BCUT2D eigenvalue weighted by Gasteiger charge is 2.23. The number of morpholine rings is 1. The van der Waals surface area contributed by atoms with Gasteiger partial charge in [0.05, 0.1) is 29.8 Å². The smallest absolute Gasteiger partial charge is 0.251 e. The minimum Gasteiger partial charge on any atom is -0.375 e. The van der Waals surface area contributed by atoms with Gasteiger partial charge in [0.25, 0.3) is 5.91 Å². The highest BCUT2D eigenvalue weighted by molar-refractivity contribution is 7.19. The lowest BCUT2D eigenvalue weighted by Gasteiger charge is -2.30. The fourth-order valence-electron chi connectivity index (χ4n) is 3.92. The minimum atomic E-state index is -0.353. The predicted octanol–water partition coefficient (Wildman–Crippen LogP) is 4.42. The quantitative estimate of drug-likeness (QED) is 0.618. The molecule has 0 saturated carbocycles. The maximum Gasteiger partial charge on any atom is 0.251 e. The number of pyridine rings is 1. The summed E-state index contributed by atoms with van der Waals surface area (Å²) >= 11 is 1.62. The first kappa shape index (κ1) is 22.4. The average Bonchev–Trinajstić information content (AvgIpc) is 3.16. The molecule has 1 aromatic carbocycles. The van der Waals surface area contributed by atoms with Crippen LogP contribution >= 0.6 is 11.3 Å². The second kappa shape index (κ2) is 9.34. The van der Waals surface area contributed by atoms with E-state index in [1.54, 1.807) is 18.3 Å². The molecular weight excluding hydrogens is 427 g/mol. The summed E-state index contributed by atoms with van der Waals surface area (Å²) < 4.78 is 19.1. The molecule has 0 radical (unpaired) electrons. The lowest BCUT2D eigenvalue weighted by Crippen LogP contribution is -2.41. The monoisotopic (exact) mass is 454 g/mol. The van der Waals surface area contributed by atoms with E-state index < -0.39 is 0 Å². The fraction of sp³-hybridized carbons (Fsp3) is 0.375. The molecule has 32 heavy (non-hydrogen) atoms. The number of hydrogen-bond donors (Lipinski definition) is 1. The number of anilines is 1. The molecule has 1 saturated heterocycles. The molecule has 0 spiro atoms. The highest BCUT2D eigenvalue weighted by Crippen LogP contribution is 2.36. The summed E-state index contributed by atoms with van der Waals surface area (Å²) in [5, 5.41) is 3.88. The first-order valence-electron chi connectivity index (χ1n) is 10.7. The third-order valence-electron chi connectivity index (χ3n) is 5.39. The van der Waals surface area contributed by atoms with Crippen molar-refractivity contribution in [2.75, 3.05) is 24.6 Å². The van der Waals surface area contributed by atoms with Gasteiger partial charge >= 0.3 is 0 Å². The lowest BCUT2D eigenvalue weighted by atomic mass is 10.1. The second-order valence-corrected chi connectivity index (χ2v) is 9.16. The molecule has 168 valence electrons. The lowest BCUT2D eigenvalue weighted by molar-refractivity contribution is 0.0532. The Hall–Kier alpha value is -2.84. The van der Waals surface area contributed by atoms with E-state index in [-0.39, 0.29) is 24.4 Å². The summed E-state index contributed by atoms with van der Waals surface area (Å²) in [5.41, 5.74) is 4.79. The molecule has 3 aromatic rings. The van der Waals surface area contributed by atoms with Crippen LogP contribution < -0.4 is 10.2 Å². The molecule has 0 aliphatic carbocycles. The molecule has 1 aliphatic rings. The van der Waals surface area contributed by atoms with Gasteiger partial charge in [-0.05, 0) is 69.2 Å². The topological polar surface area (TPSA) is 67.3 Å². The van der Waals surface area contributed by atoms with Crippen LogP contribution in [-0.2, 0) is 11.3 Å². The van der Waals surface area contributed by atoms with E-state index in [0.717, 1.165) is 45.7 Å². The van der Waals surface area contributed by atoms with Crippen molar-refractivity contribution < 1.29 is 13.9 Å². The van der Waals surface area contributed by atoms with Gasteiger partial charge in [0.1, 0.15) is 5.82 Å². The number of hydrogen-bond acceptors (Lipinski definition) is 6. The number of halogens is 1. The highest BCUT2D eigenvalue weighted by atomic mass is 32.1. The number of nitrogens with one attached hydrogen (secondary N) is 1.